The van der Waals surface area contributed by atoms with E-state index in [1.165, 1.54) is 11.3 Å². The fourth-order valence-electron chi connectivity index (χ4n) is 3.57. The Morgan fingerprint density at radius 1 is 1.06 bits per heavy atom. The number of benzene rings is 2. The van der Waals surface area contributed by atoms with Gasteiger partial charge in [0.15, 0.2) is 0 Å². The zero-order valence-electron chi connectivity index (χ0n) is 18.3. The lowest BCUT2D eigenvalue weighted by molar-refractivity contribution is -0.116. The Hall–Kier alpha value is -4.02. The van der Waals surface area contributed by atoms with E-state index < -0.39 is 6.17 Å². The van der Waals surface area contributed by atoms with E-state index in [-0.39, 0.29) is 11.9 Å². The van der Waals surface area contributed by atoms with Gasteiger partial charge in [-0.15, -0.1) is 16.4 Å². The molecule has 0 saturated carbocycles. The first-order valence-corrected chi connectivity index (χ1v) is 11.5. The maximum Gasteiger partial charge on any atom is 0.317 e. The molecule has 10 heteroatoms. The van der Waals surface area contributed by atoms with E-state index in [4.69, 9.17) is 14.1 Å². The van der Waals surface area contributed by atoms with Crippen LogP contribution in [0.25, 0.3) is 11.5 Å². The number of aromatic nitrogens is 2. The molecule has 0 radical (unpaired) electrons. The van der Waals surface area contributed by atoms with Crippen molar-refractivity contribution < 1.29 is 13.9 Å². The van der Waals surface area contributed by atoms with E-state index in [1.807, 2.05) is 66.0 Å². The molecule has 3 heterocycles. The normalized spacial score (nSPS) is 15.1. The second-order valence-electron chi connectivity index (χ2n) is 7.42. The van der Waals surface area contributed by atoms with E-state index in [2.05, 4.69) is 26.1 Å². The van der Waals surface area contributed by atoms with E-state index in [0.717, 1.165) is 21.7 Å². The van der Waals surface area contributed by atoms with Gasteiger partial charge in [-0.2, -0.15) is 0 Å². The summed E-state index contributed by atoms with van der Waals surface area (Å²) < 4.78 is 10.9. The summed E-state index contributed by atoms with van der Waals surface area (Å²) in [5.41, 5.74) is 3.90. The third-order valence-electron chi connectivity index (χ3n) is 5.17. The summed E-state index contributed by atoms with van der Waals surface area (Å²) in [4.78, 5) is 17.7. The standard InChI is InChI=1S/C24H22N6O3S/c1-32-13-12-25-23-17(11-14-34-23)22-29-30-24(33-22)28-20-21(31)26-18-10-6-5-9-16(18)19(27-20)15-7-3-2-4-8-15/h2-11,14,20,25H,12-13H2,1H3,(H,26,31)(H,28,30)/t20-/m1/s1. The second kappa shape index (κ2) is 9.86. The van der Waals surface area contributed by atoms with Gasteiger partial charge in [-0.05, 0) is 17.5 Å². The topological polar surface area (TPSA) is 114 Å². The van der Waals surface area contributed by atoms with Crippen molar-refractivity contribution in [2.45, 2.75) is 6.17 Å². The summed E-state index contributed by atoms with van der Waals surface area (Å²) in [7, 11) is 1.65. The molecule has 2 aromatic heterocycles. The quantitative estimate of drug-likeness (QED) is 0.330. The number of hydrogen-bond acceptors (Lipinski definition) is 9. The molecular formula is C24H22N6O3S. The van der Waals surface area contributed by atoms with Crippen molar-refractivity contribution in [3.05, 3.63) is 77.2 Å². The van der Waals surface area contributed by atoms with Crippen LogP contribution in [0, 0.1) is 0 Å². The van der Waals surface area contributed by atoms with Crippen LogP contribution in [0.2, 0.25) is 0 Å². The molecule has 0 spiro atoms. The maximum absolute atomic E-state index is 13.0. The molecule has 1 aliphatic heterocycles. The van der Waals surface area contributed by atoms with Crippen molar-refractivity contribution in [1.29, 1.82) is 0 Å². The van der Waals surface area contributed by atoms with E-state index in [0.29, 0.717) is 30.4 Å². The molecule has 0 saturated heterocycles. The van der Waals surface area contributed by atoms with Crippen LogP contribution in [0.5, 0.6) is 0 Å². The first-order valence-electron chi connectivity index (χ1n) is 10.7. The molecule has 5 rings (SSSR count). The Morgan fingerprint density at radius 3 is 2.74 bits per heavy atom. The third-order valence-corrected chi connectivity index (χ3v) is 6.04. The van der Waals surface area contributed by atoms with E-state index >= 15 is 0 Å². The van der Waals surface area contributed by atoms with Crippen molar-refractivity contribution in [1.82, 2.24) is 10.2 Å². The first-order chi connectivity index (χ1) is 16.7. The van der Waals surface area contributed by atoms with Crippen LogP contribution >= 0.6 is 11.3 Å². The second-order valence-corrected chi connectivity index (χ2v) is 8.34. The number of anilines is 3. The fraction of sp³-hybridized carbons (Fsp3) is 0.167. The molecule has 0 fully saturated rings. The fourth-order valence-corrected chi connectivity index (χ4v) is 4.38. The van der Waals surface area contributed by atoms with Gasteiger partial charge >= 0.3 is 6.01 Å². The number of carbonyl (C=O) groups excluding carboxylic acids is 1. The van der Waals surface area contributed by atoms with Gasteiger partial charge in [0, 0.05) is 24.8 Å². The Labute approximate surface area is 199 Å². The van der Waals surface area contributed by atoms with Gasteiger partial charge in [0.25, 0.3) is 11.8 Å². The zero-order chi connectivity index (χ0) is 23.3. The number of rotatable bonds is 8. The summed E-state index contributed by atoms with van der Waals surface area (Å²) >= 11 is 1.53. The highest BCUT2D eigenvalue weighted by Crippen LogP contribution is 2.33. The molecule has 0 aliphatic carbocycles. The molecular weight excluding hydrogens is 452 g/mol. The minimum absolute atomic E-state index is 0.103. The lowest BCUT2D eigenvalue weighted by atomic mass is 10.0. The summed E-state index contributed by atoms with van der Waals surface area (Å²) in [5.74, 6) is 0.0174. The molecule has 9 nitrogen and oxygen atoms in total. The number of thiophene rings is 1. The summed E-state index contributed by atoms with van der Waals surface area (Å²) in [6, 6.07) is 19.3. The Morgan fingerprint density at radius 2 is 1.88 bits per heavy atom. The average Bonchev–Trinajstić information content (AvgIpc) is 3.49. The first kappa shape index (κ1) is 21.8. The average molecular weight is 475 g/mol. The van der Waals surface area contributed by atoms with Crippen LogP contribution in [0.4, 0.5) is 16.7 Å². The van der Waals surface area contributed by atoms with Gasteiger partial charge in [-0.1, -0.05) is 53.6 Å². The number of methoxy groups -OCH3 is 1. The Balaban J connectivity index is 1.43. The summed E-state index contributed by atoms with van der Waals surface area (Å²) in [6.45, 7) is 1.23. The molecule has 0 unspecified atom stereocenters. The summed E-state index contributed by atoms with van der Waals surface area (Å²) in [5, 5.41) is 20.3. The van der Waals surface area contributed by atoms with Crippen LogP contribution in [0.1, 0.15) is 11.1 Å². The Bertz CT molecular complexity index is 1320. The predicted octanol–water partition coefficient (Wildman–Crippen LogP) is 4.08. The lowest BCUT2D eigenvalue weighted by Gasteiger charge is -2.11. The van der Waals surface area contributed by atoms with E-state index in [1.54, 1.807) is 7.11 Å². The van der Waals surface area contributed by atoms with Crippen molar-refractivity contribution in [2.75, 3.05) is 36.2 Å². The molecule has 3 N–H and O–H groups in total. The number of hydrogen-bond donors (Lipinski definition) is 3. The van der Waals surface area contributed by atoms with Gasteiger partial charge in [0.1, 0.15) is 5.00 Å². The van der Waals surface area contributed by atoms with Gasteiger partial charge in [0.05, 0.1) is 23.6 Å². The van der Waals surface area contributed by atoms with Crippen molar-refractivity contribution in [2.24, 2.45) is 4.99 Å². The molecule has 2 aromatic carbocycles. The Kier molecular flexibility index (Phi) is 6.32. The highest BCUT2D eigenvalue weighted by Gasteiger charge is 2.27. The number of nitrogens with one attached hydrogen (secondary N) is 3. The van der Waals surface area contributed by atoms with Crippen LogP contribution in [-0.2, 0) is 9.53 Å². The van der Waals surface area contributed by atoms with Crippen LogP contribution in [-0.4, -0.2) is 48.2 Å². The maximum atomic E-state index is 13.0. The van der Waals surface area contributed by atoms with E-state index in [9.17, 15) is 4.79 Å². The van der Waals surface area contributed by atoms with Gasteiger partial charge in [0.2, 0.25) is 6.17 Å². The van der Waals surface area contributed by atoms with Crippen molar-refractivity contribution in [3.8, 4) is 11.5 Å². The number of carbonyl (C=O) groups is 1. The predicted molar refractivity (Wildman–Crippen MR) is 133 cm³/mol. The van der Waals surface area contributed by atoms with Crippen molar-refractivity contribution in [3.63, 3.8) is 0 Å². The van der Waals surface area contributed by atoms with Gasteiger partial charge in [-0.3, -0.25) is 4.79 Å². The van der Waals surface area contributed by atoms with Crippen molar-refractivity contribution >= 4 is 39.7 Å². The number of nitrogens with zero attached hydrogens (tertiary/aromatic N) is 3. The van der Waals surface area contributed by atoms with Crippen LogP contribution < -0.4 is 16.0 Å². The monoisotopic (exact) mass is 474 g/mol. The van der Waals surface area contributed by atoms with Crippen LogP contribution in [0.3, 0.4) is 0 Å². The third kappa shape index (κ3) is 4.54. The molecule has 0 bridgehead atoms. The van der Waals surface area contributed by atoms with Gasteiger partial charge in [-0.25, -0.2) is 4.99 Å². The summed E-state index contributed by atoms with van der Waals surface area (Å²) in [6.07, 6.45) is -0.960. The lowest BCUT2D eigenvalue weighted by Crippen LogP contribution is -2.32. The SMILES string of the molecule is COCCNc1sccc1-c1nnc(N[C@H]2N=C(c3ccccc3)c3ccccc3NC2=O)o1. The van der Waals surface area contributed by atoms with Gasteiger partial charge < -0.3 is 25.1 Å². The van der Waals surface area contributed by atoms with Crippen LogP contribution in [0.15, 0.2) is 75.5 Å². The minimum Gasteiger partial charge on any atom is -0.403 e. The molecule has 172 valence electrons. The largest absolute Gasteiger partial charge is 0.403 e. The molecule has 4 aromatic rings. The highest BCUT2D eigenvalue weighted by atomic mass is 32.1. The zero-order valence-corrected chi connectivity index (χ0v) is 19.1. The molecule has 1 atom stereocenters. The number of amides is 1. The smallest absolute Gasteiger partial charge is 0.317 e. The number of fused-ring (bicyclic) bond motifs is 1. The molecule has 1 amide bonds. The number of benzodiazepines with no additional fused rings is 1. The minimum atomic E-state index is -0.960. The number of ether oxygens (including phenoxy) is 1. The number of para-hydroxylation sites is 1. The highest BCUT2D eigenvalue weighted by molar-refractivity contribution is 7.14. The molecule has 34 heavy (non-hydrogen) atoms. The number of aliphatic imine (C=N–C) groups is 1. The molecule has 1 aliphatic rings.